The number of aryl methyl sites for hydroxylation is 1. The van der Waals surface area contributed by atoms with Gasteiger partial charge in [-0.05, 0) is 36.8 Å². The number of amides is 1. The van der Waals surface area contributed by atoms with Gasteiger partial charge in [-0.1, -0.05) is 30.3 Å². The van der Waals surface area contributed by atoms with E-state index in [2.05, 4.69) is 22.3 Å². The number of piperazine rings is 2. The SMILES string of the molecule is Cc1cccc(OC2CN(O)C(C(=O)N3CCN(c4ccccc4)CC3)CN2)c1. The van der Waals surface area contributed by atoms with Gasteiger partial charge in [-0.25, -0.2) is 0 Å². The molecule has 2 atom stereocenters. The van der Waals surface area contributed by atoms with E-state index in [9.17, 15) is 10.0 Å². The lowest BCUT2D eigenvalue weighted by molar-refractivity contribution is -0.181. The monoisotopic (exact) mass is 396 g/mol. The van der Waals surface area contributed by atoms with Crippen molar-refractivity contribution in [3.63, 3.8) is 0 Å². The maximum Gasteiger partial charge on any atom is 0.243 e. The van der Waals surface area contributed by atoms with Crippen molar-refractivity contribution in [2.75, 3.05) is 44.2 Å². The van der Waals surface area contributed by atoms with Crippen LogP contribution < -0.4 is 15.0 Å². The molecule has 0 aromatic heterocycles. The number of ether oxygens (including phenoxy) is 1. The van der Waals surface area contributed by atoms with Gasteiger partial charge >= 0.3 is 0 Å². The maximum atomic E-state index is 12.9. The zero-order valence-corrected chi connectivity index (χ0v) is 16.7. The molecule has 2 N–H and O–H groups in total. The summed E-state index contributed by atoms with van der Waals surface area (Å²) in [4.78, 5) is 17.1. The fraction of sp³-hybridized carbons (Fsp3) is 0.409. The number of nitrogens with zero attached hydrogens (tertiary/aromatic N) is 3. The molecular weight excluding hydrogens is 368 g/mol. The van der Waals surface area contributed by atoms with Crippen LogP contribution in [0.15, 0.2) is 54.6 Å². The summed E-state index contributed by atoms with van der Waals surface area (Å²) in [6.07, 6.45) is -0.360. The summed E-state index contributed by atoms with van der Waals surface area (Å²) in [7, 11) is 0. The number of anilines is 1. The van der Waals surface area contributed by atoms with Gasteiger partial charge in [-0.2, -0.15) is 5.06 Å². The third kappa shape index (κ3) is 4.70. The van der Waals surface area contributed by atoms with Crippen LogP contribution in [-0.2, 0) is 4.79 Å². The summed E-state index contributed by atoms with van der Waals surface area (Å²) in [5.41, 5.74) is 2.29. The molecule has 0 radical (unpaired) electrons. The van der Waals surface area contributed by atoms with Gasteiger partial charge in [-0.3, -0.25) is 10.1 Å². The van der Waals surface area contributed by atoms with Crippen molar-refractivity contribution >= 4 is 11.6 Å². The van der Waals surface area contributed by atoms with Gasteiger partial charge in [0.05, 0.1) is 6.54 Å². The highest BCUT2D eigenvalue weighted by Crippen LogP contribution is 2.18. The summed E-state index contributed by atoms with van der Waals surface area (Å²) >= 11 is 0. The van der Waals surface area contributed by atoms with Crippen LogP contribution in [0, 0.1) is 6.92 Å². The van der Waals surface area contributed by atoms with Crippen LogP contribution in [0.25, 0.3) is 0 Å². The number of hydrogen-bond donors (Lipinski definition) is 2. The van der Waals surface area contributed by atoms with Gasteiger partial charge in [-0.15, -0.1) is 0 Å². The second-order valence-corrected chi connectivity index (χ2v) is 7.62. The molecule has 1 amide bonds. The highest BCUT2D eigenvalue weighted by atomic mass is 16.5. The Morgan fingerprint density at radius 3 is 2.52 bits per heavy atom. The van der Waals surface area contributed by atoms with Crippen molar-refractivity contribution in [2.24, 2.45) is 0 Å². The Labute approximate surface area is 171 Å². The van der Waals surface area contributed by atoms with Crippen LogP contribution in [0.5, 0.6) is 5.75 Å². The Bertz CT molecular complexity index is 824. The zero-order valence-electron chi connectivity index (χ0n) is 16.7. The van der Waals surface area contributed by atoms with E-state index in [1.807, 2.05) is 54.3 Å². The van der Waals surface area contributed by atoms with Crippen molar-refractivity contribution in [3.05, 3.63) is 60.2 Å². The number of rotatable bonds is 4. The largest absolute Gasteiger partial charge is 0.474 e. The van der Waals surface area contributed by atoms with E-state index in [-0.39, 0.29) is 18.7 Å². The first-order chi connectivity index (χ1) is 14.1. The van der Waals surface area contributed by atoms with Crippen LogP contribution in [0.2, 0.25) is 0 Å². The predicted octanol–water partition coefficient (Wildman–Crippen LogP) is 1.71. The number of para-hydroxylation sites is 1. The highest BCUT2D eigenvalue weighted by molar-refractivity contribution is 5.82. The van der Waals surface area contributed by atoms with Crippen LogP contribution in [0.1, 0.15) is 5.56 Å². The fourth-order valence-electron chi connectivity index (χ4n) is 3.89. The molecule has 4 rings (SSSR count). The van der Waals surface area contributed by atoms with Crippen molar-refractivity contribution in [2.45, 2.75) is 19.2 Å². The molecule has 0 spiro atoms. The first-order valence-electron chi connectivity index (χ1n) is 10.1. The van der Waals surface area contributed by atoms with Crippen molar-refractivity contribution in [1.29, 1.82) is 0 Å². The lowest BCUT2D eigenvalue weighted by Gasteiger charge is -2.41. The molecule has 7 heteroatoms. The third-order valence-electron chi connectivity index (χ3n) is 5.52. The lowest BCUT2D eigenvalue weighted by Crippen LogP contribution is -2.63. The second-order valence-electron chi connectivity index (χ2n) is 7.62. The van der Waals surface area contributed by atoms with E-state index in [0.717, 1.165) is 29.5 Å². The molecule has 2 aromatic carbocycles. The Kier molecular flexibility index (Phi) is 5.99. The molecule has 0 aliphatic carbocycles. The molecule has 2 heterocycles. The Morgan fingerprint density at radius 2 is 1.83 bits per heavy atom. The van der Waals surface area contributed by atoms with E-state index in [4.69, 9.17) is 4.74 Å². The van der Waals surface area contributed by atoms with Crippen LogP contribution in [0.4, 0.5) is 5.69 Å². The molecule has 2 unspecified atom stereocenters. The molecule has 2 saturated heterocycles. The standard InChI is InChI=1S/C22H28N4O3/c1-17-6-5-9-19(14-17)29-21-16-26(28)20(15-23-21)22(27)25-12-10-24(11-13-25)18-7-3-2-4-8-18/h2-9,14,20-21,23,28H,10-13,15-16H2,1H3. The van der Waals surface area contributed by atoms with E-state index < -0.39 is 6.04 Å². The Hall–Kier alpha value is -2.61. The van der Waals surface area contributed by atoms with Crippen LogP contribution in [-0.4, -0.2) is 72.6 Å². The topological polar surface area (TPSA) is 68.3 Å². The molecule has 2 aliphatic heterocycles. The zero-order chi connectivity index (χ0) is 20.2. The molecule has 0 saturated carbocycles. The summed E-state index contributed by atoms with van der Waals surface area (Å²) in [5, 5.41) is 14.8. The molecular formula is C22H28N4O3. The summed E-state index contributed by atoms with van der Waals surface area (Å²) in [5.74, 6) is 0.708. The average Bonchev–Trinajstić information content (AvgIpc) is 2.74. The van der Waals surface area contributed by atoms with Gasteiger partial charge in [0.1, 0.15) is 11.8 Å². The summed E-state index contributed by atoms with van der Waals surface area (Å²) in [6.45, 7) is 5.48. The minimum Gasteiger partial charge on any atom is -0.474 e. The van der Waals surface area contributed by atoms with Crippen molar-refractivity contribution in [3.8, 4) is 5.75 Å². The van der Waals surface area contributed by atoms with Gasteiger partial charge in [0, 0.05) is 38.4 Å². The summed E-state index contributed by atoms with van der Waals surface area (Å²) in [6, 6.07) is 17.4. The van der Waals surface area contributed by atoms with Gasteiger partial charge in [0.15, 0.2) is 6.23 Å². The quantitative estimate of drug-likeness (QED) is 0.820. The Morgan fingerprint density at radius 1 is 1.07 bits per heavy atom. The smallest absolute Gasteiger partial charge is 0.243 e. The highest BCUT2D eigenvalue weighted by Gasteiger charge is 2.36. The first kappa shape index (κ1) is 19.7. The second kappa shape index (κ2) is 8.82. The number of hydroxylamine groups is 2. The van der Waals surface area contributed by atoms with Crippen LogP contribution in [0.3, 0.4) is 0 Å². The molecule has 154 valence electrons. The van der Waals surface area contributed by atoms with Crippen molar-refractivity contribution < 1.29 is 14.7 Å². The number of carbonyl (C=O) groups is 1. The molecule has 0 bridgehead atoms. The molecule has 7 nitrogen and oxygen atoms in total. The van der Waals surface area contributed by atoms with E-state index in [0.29, 0.717) is 19.6 Å². The van der Waals surface area contributed by atoms with Crippen molar-refractivity contribution in [1.82, 2.24) is 15.3 Å². The summed E-state index contributed by atoms with van der Waals surface area (Å²) < 4.78 is 5.90. The van der Waals surface area contributed by atoms with E-state index >= 15 is 0 Å². The first-order valence-corrected chi connectivity index (χ1v) is 10.1. The number of hydrogen-bond acceptors (Lipinski definition) is 6. The minimum absolute atomic E-state index is 0.0401. The lowest BCUT2D eigenvalue weighted by atomic mass is 10.1. The fourth-order valence-corrected chi connectivity index (χ4v) is 3.89. The van der Waals surface area contributed by atoms with Gasteiger partial charge in [0.25, 0.3) is 0 Å². The number of carbonyl (C=O) groups excluding carboxylic acids is 1. The Balaban J connectivity index is 1.29. The third-order valence-corrected chi connectivity index (χ3v) is 5.52. The average molecular weight is 396 g/mol. The van der Waals surface area contributed by atoms with E-state index in [1.54, 1.807) is 0 Å². The maximum absolute atomic E-state index is 12.9. The molecule has 2 aliphatic rings. The molecule has 2 fully saturated rings. The molecule has 2 aromatic rings. The normalized spacial score (nSPS) is 23.1. The van der Waals surface area contributed by atoms with E-state index in [1.165, 1.54) is 5.69 Å². The van der Waals surface area contributed by atoms with Crippen LogP contribution >= 0.6 is 0 Å². The van der Waals surface area contributed by atoms with Gasteiger partial charge < -0.3 is 19.7 Å². The van der Waals surface area contributed by atoms with Gasteiger partial charge in [0.2, 0.25) is 5.91 Å². The minimum atomic E-state index is -0.587. The number of benzene rings is 2. The number of nitrogens with one attached hydrogen (secondary N) is 1. The molecule has 29 heavy (non-hydrogen) atoms. The predicted molar refractivity (Wildman–Crippen MR) is 111 cm³/mol.